The minimum absolute atomic E-state index is 0.891. The maximum Gasteiger partial charge on any atom is 0.0605 e. The van der Waals surface area contributed by atoms with Crippen LogP contribution in [0.15, 0.2) is 30.3 Å². The van der Waals surface area contributed by atoms with Crippen LogP contribution in [0.2, 0.25) is 0 Å². The third-order valence-corrected chi connectivity index (χ3v) is 3.49. The Morgan fingerprint density at radius 1 is 1.29 bits per heavy atom. The summed E-state index contributed by atoms with van der Waals surface area (Å²) < 4.78 is 0. The molecule has 1 aromatic rings. The Morgan fingerprint density at radius 3 is 2.88 bits per heavy atom. The summed E-state index contributed by atoms with van der Waals surface area (Å²) in [7, 11) is 0. The second-order valence-electron chi connectivity index (χ2n) is 4.82. The van der Waals surface area contributed by atoms with Crippen molar-refractivity contribution >= 4 is 0 Å². The summed E-state index contributed by atoms with van der Waals surface area (Å²) in [5.41, 5.74) is 1.12. The van der Waals surface area contributed by atoms with Gasteiger partial charge in [-0.25, -0.2) is 0 Å². The van der Waals surface area contributed by atoms with Gasteiger partial charge in [0.15, 0.2) is 0 Å². The van der Waals surface area contributed by atoms with E-state index in [0.717, 1.165) is 18.0 Å². The monoisotopic (exact) mass is 227 g/mol. The molecule has 1 nitrogen and oxygen atoms in total. The van der Waals surface area contributed by atoms with E-state index >= 15 is 0 Å². The summed E-state index contributed by atoms with van der Waals surface area (Å²) in [5, 5.41) is 0. The van der Waals surface area contributed by atoms with Crippen molar-refractivity contribution < 1.29 is 0 Å². The van der Waals surface area contributed by atoms with E-state index in [9.17, 15) is 0 Å². The zero-order valence-electron chi connectivity index (χ0n) is 10.7. The standard InChI is InChI=1S/C16H21N/c1-2-15-10-6-12-17(14-15)13-7-11-16-8-4-3-5-9-16/h3-5,8-9,15H,2,6,10,12-14H2,1H3. The van der Waals surface area contributed by atoms with E-state index in [0.29, 0.717) is 0 Å². The third kappa shape index (κ3) is 3.91. The molecule has 1 heterocycles. The Bertz CT molecular complexity index is 385. The smallest absolute Gasteiger partial charge is 0.0605 e. The van der Waals surface area contributed by atoms with Gasteiger partial charge in [0.1, 0.15) is 0 Å². The van der Waals surface area contributed by atoms with E-state index in [1.54, 1.807) is 0 Å². The first kappa shape index (κ1) is 12.2. The van der Waals surface area contributed by atoms with Crippen LogP contribution < -0.4 is 0 Å². The molecule has 1 aromatic carbocycles. The van der Waals surface area contributed by atoms with Crippen LogP contribution in [-0.2, 0) is 0 Å². The molecule has 1 aliphatic rings. The highest BCUT2D eigenvalue weighted by atomic mass is 15.1. The lowest BCUT2D eigenvalue weighted by Crippen LogP contribution is -2.35. The predicted octanol–water partition coefficient (Wildman–Crippen LogP) is 3.16. The Kier molecular flexibility index (Phi) is 4.64. The molecule has 1 heteroatoms. The fourth-order valence-electron chi connectivity index (χ4n) is 2.40. The Labute approximate surface area is 105 Å². The van der Waals surface area contributed by atoms with E-state index in [4.69, 9.17) is 0 Å². The maximum atomic E-state index is 3.29. The average Bonchev–Trinajstić information content (AvgIpc) is 2.40. The summed E-state index contributed by atoms with van der Waals surface area (Å²) in [5.74, 6) is 7.42. The molecule has 0 bridgehead atoms. The molecule has 0 aromatic heterocycles. The first-order chi connectivity index (χ1) is 8.38. The van der Waals surface area contributed by atoms with Crippen LogP contribution in [0, 0.1) is 17.8 Å². The highest BCUT2D eigenvalue weighted by Gasteiger charge is 2.16. The molecule has 0 radical (unpaired) electrons. The van der Waals surface area contributed by atoms with Gasteiger partial charge in [-0.2, -0.15) is 0 Å². The van der Waals surface area contributed by atoms with Crippen LogP contribution in [0.3, 0.4) is 0 Å². The zero-order chi connectivity index (χ0) is 11.9. The van der Waals surface area contributed by atoms with E-state index in [1.165, 1.54) is 32.4 Å². The first-order valence-corrected chi connectivity index (χ1v) is 6.64. The Balaban J connectivity index is 1.84. The molecule has 1 unspecified atom stereocenters. The third-order valence-electron chi connectivity index (χ3n) is 3.49. The minimum atomic E-state index is 0.891. The lowest BCUT2D eigenvalue weighted by atomic mass is 9.96. The van der Waals surface area contributed by atoms with Crippen molar-refractivity contribution in [1.29, 1.82) is 0 Å². The molecule has 90 valence electrons. The molecule has 1 aliphatic heterocycles. The van der Waals surface area contributed by atoms with Gasteiger partial charge in [0, 0.05) is 12.1 Å². The van der Waals surface area contributed by atoms with E-state index in [1.807, 2.05) is 18.2 Å². The quantitative estimate of drug-likeness (QED) is 0.702. The maximum absolute atomic E-state index is 3.29. The Morgan fingerprint density at radius 2 is 2.12 bits per heavy atom. The van der Waals surface area contributed by atoms with Crippen LogP contribution in [0.1, 0.15) is 31.7 Å². The van der Waals surface area contributed by atoms with Crippen LogP contribution in [0.5, 0.6) is 0 Å². The normalized spacial score (nSPS) is 20.6. The van der Waals surface area contributed by atoms with Crippen molar-refractivity contribution in [3.05, 3.63) is 35.9 Å². The summed E-state index contributed by atoms with van der Waals surface area (Å²) in [4.78, 5) is 2.49. The van der Waals surface area contributed by atoms with Crippen LogP contribution in [-0.4, -0.2) is 24.5 Å². The van der Waals surface area contributed by atoms with Crippen molar-refractivity contribution in [2.75, 3.05) is 19.6 Å². The molecular formula is C16H21N. The molecule has 0 spiro atoms. The number of hydrogen-bond acceptors (Lipinski definition) is 1. The fourth-order valence-corrected chi connectivity index (χ4v) is 2.40. The van der Waals surface area contributed by atoms with Gasteiger partial charge < -0.3 is 0 Å². The zero-order valence-corrected chi connectivity index (χ0v) is 10.7. The molecular weight excluding hydrogens is 206 g/mol. The summed E-state index contributed by atoms with van der Waals surface area (Å²) in [6, 6.07) is 10.2. The first-order valence-electron chi connectivity index (χ1n) is 6.64. The summed E-state index contributed by atoms with van der Waals surface area (Å²) in [6.45, 7) is 5.68. The minimum Gasteiger partial charge on any atom is -0.292 e. The lowest BCUT2D eigenvalue weighted by Gasteiger charge is -2.30. The summed E-state index contributed by atoms with van der Waals surface area (Å²) in [6.07, 6.45) is 4.05. The number of piperidine rings is 1. The van der Waals surface area contributed by atoms with Gasteiger partial charge >= 0.3 is 0 Å². The number of hydrogen-bond donors (Lipinski definition) is 0. The molecule has 1 atom stereocenters. The van der Waals surface area contributed by atoms with Crippen molar-refractivity contribution in [1.82, 2.24) is 4.90 Å². The van der Waals surface area contributed by atoms with Crippen LogP contribution >= 0.6 is 0 Å². The van der Waals surface area contributed by atoms with Crippen LogP contribution in [0.4, 0.5) is 0 Å². The molecule has 17 heavy (non-hydrogen) atoms. The molecule has 0 amide bonds. The van der Waals surface area contributed by atoms with Crippen molar-refractivity contribution in [3.63, 3.8) is 0 Å². The van der Waals surface area contributed by atoms with Gasteiger partial charge in [0.2, 0.25) is 0 Å². The second kappa shape index (κ2) is 6.47. The number of benzene rings is 1. The Hall–Kier alpha value is -1.26. The molecule has 1 fully saturated rings. The predicted molar refractivity (Wildman–Crippen MR) is 72.8 cm³/mol. The topological polar surface area (TPSA) is 3.24 Å². The highest BCUT2D eigenvalue weighted by Crippen LogP contribution is 2.18. The van der Waals surface area contributed by atoms with Crippen molar-refractivity contribution in [2.45, 2.75) is 26.2 Å². The van der Waals surface area contributed by atoms with Gasteiger partial charge in [-0.15, -0.1) is 0 Å². The fraction of sp³-hybridized carbons (Fsp3) is 0.500. The largest absolute Gasteiger partial charge is 0.292 e. The van der Waals surface area contributed by atoms with Gasteiger partial charge in [-0.05, 0) is 37.4 Å². The van der Waals surface area contributed by atoms with Gasteiger partial charge in [-0.1, -0.05) is 43.4 Å². The molecule has 0 saturated carbocycles. The second-order valence-corrected chi connectivity index (χ2v) is 4.82. The summed E-state index contributed by atoms with van der Waals surface area (Å²) >= 11 is 0. The molecule has 2 rings (SSSR count). The molecule has 0 N–H and O–H groups in total. The number of rotatable bonds is 2. The van der Waals surface area contributed by atoms with Gasteiger partial charge in [-0.3, -0.25) is 4.90 Å². The number of nitrogens with zero attached hydrogens (tertiary/aromatic N) is 1. The number of likely N-dealkylation sites (tertiary alicyclic amines) is 1. The van der Waals surface area contributed by atoms with Crippen LogP contribution in [0.25, 0.3) is 0 Å². The van der Waals surface area contributed by atoms with Gasteiger partial charge in [0.25, 0.3) is 0 Å². The van der Waals surface area contributed by atoms with Gasteiger partial charge in [0.05, 0.1) is 6.54 Å². The average molecular weight is 227 g/mol. The van der Waals surface area contributed by atoms with E-state index in [-0.39, 0.29) is 0 Å². The lowest BCUT2D eigenvalue weighted by molar-refractivity contribution is 0.190. The molecule has 0 aliphatic carbocycles. The SMILES string of the molecule is CCC1CCCN(CC#Cc2ccccc2)C1. The van der Waals surface area contributed by atoms with E-state index in [2.05, 4.69) is 35.8 Å². The van der Waals surface area contributed by atoms with Crippen molar-refractivity contribution in [2.24, 2.45) is 5.92 Å². The molecule has 1 saturated heterocycles. The van der Waals surface area contributed by atoms with E-state index < -0.39 is 0 Å². The highest BCUT2D eigenvalue weighted by molar-refractivity contribution is 5.33. The van der Waals surface area contributed by atoms with Crippen molar-refractivity contribution in [3.8, 4) is 11.8 Å².